The molecule has 4 heterocycles. The van der Waals surface area contributed by atoms with E-state index >= 15 is 0 Å². The molecule has 0 aliphatic heterocycles. The van der Waals surface area contributed by atoms with Gasteiger partial charge in [-0.15, -0.1) is 0 Å². The predicted octanol–water partition coefficient (Wildman–Crippen LogP) is 10.3. The zero-order valence-corrected chi connectivity index (χ0v) is 35.2. The number of benzene rings is 4. The van der Waals surface area contributed by atoms with Crippen molar-refractivity contribution in [2.75, 3.05) is 18.1 Å². The van der Waals surface area contributed by atoms with E-state index in [2.05, 4.69) is 52.2 Å². The number of aromatic nitrogens is 6. The summed E-state index contributed by atoms with van der Waals surface area (Å²) in [6, 6.07) is 24.3. The van der Waals surface area contributed by atoms with E-state index in [0.717, 1.165) is 49.9 Å². The number of hydrogen-bond acceptors (Lipinski definition) is 12. The third-order valence-corrected chi connectivity index (χ3v) is 10.6. The molecule has 0 aliphatic rings. The lowest BCUT2D eigenvalue weighted by Crippen LogP contribution is -2.11. The number of fused-ring (bicyclic) bond motifs is 2. The summed E-state index contributed by atoms with van der Waals surface area (Å²) in [5.41, 5.74) is 19.0. The molecule has 4 N–H and O–H groups in total. The van der Waals surface area contributed by atoms with Crippen molar-refractivity contribution in [3.63, 3.8) is 0 Å². The maximum atomic E-state index is 12.4. The van der Waals surface area contributed by atoms with Crippen LogP contribution in [0.5, 0.6) is 17.2 Å². The van der Waals surface area contributed by atoms with Crippen LogP contribution in [0, 0.1) is 17.0 Å². The number of nitrogens with zero attached hydrogens (tertiary/aromatic N) is 7. The van der Waals surface area contributed by atoms with Gasteiger partial charge in [0.25, 0.3) is 5.69 Å². The van der Waals surface area contributed by atoms with Crippen molar-refractivity contribution in [1.82, 2.24) is 29.1 Å². The van der Waals surface area contributed by atoms with Gasteiger partial charge in [0.15, 0.2) is 18.7 Å². The van der Waals surface area contributed by atoms with Crippen LogP contribution in [0.4, 0.5) is 17.3 Å². The molecule has 0 aliphatic carbocycles. The number of carbonyl (C=O) groups is 2. The molecule has 0 saturated heterocycles. The Hall–Kier alpha value is -7.65. The van der Waals surface area contributed by atoms with Crippen molar-refractivity contribution in [2.45, 2.75) is 46.7 Å². The predicted molar refractivity (Wildman–Crippen MR) is 240 cm³/mol. The van der Waals surface area contributed by atoms with E-state index in [9.17, 15) is 19.7 Å². The van der Waals surface area contributed by atoms with Crippen LogP contribution >= 0.6 is 11.6 Å². The summed E-state index contributed by atoms with van der Waals surface area (Å²) in [5.74, 6) is 2.08. The van der Waals surface area contributed by atoms with Gasteiger partial charge in [0.2, 0.25) is 0 Å². The van der Waals surface area contributed by atoms with Crippen molar-refractivity contribution in [2.24, 2.45) is 0 Å². The van der Waals surface area contributed by atoms with Gasteiger partial charge in [-0.2, -0.15) is 0 Å². The SMILES string of the molecule is CC(C)n1cc(-c2ccc(Oc3ccc([N+](=O)[O-])cc3C=O)cc2)c2c(N)ncnc21.Cc1cc(C(=O)COc2ccc(-c3cn(C(C)C)c4ncnc(N)c34)cc2)ccc1Cl. The summed E-state index contributed by atoms with van der Waals surface area (Å²) in [7, 11) is 0. The number of rotatable bonds is 12. The number of non-ortho nitro benzene ring substituents is 1. The Labute approximate surface area is 361 Å². The zero-order chi connectivity index (χ0) is 44.2. The fraction of sp³-hybridized carbons (Fsp3) is 0.174. The van der Waals surface area contributed by atoms with Crippen molar-refractivity contribution in [1.29, 1.82) is 0 Å². The molecule has 314 valence electrons. The van der Waals surface area contributed by atoms with E-state index in [1.807, 2.05) is 60.3 Å². The first-order valence-corrected chi connectivity index (χ1v) is 19.9. The average Bonchev–Trinajstić information content (AvgIpc) is 3.86. The topological polar surface area (TPSA) is 209 Å². The standard InChI is InChI=1S/C24H23ClN4O2.C22H19N5O4/c1-14(2)29-11-19(22-23(26)27-13-28-24(22)29)16-4-7-18(8-5-16)31-12-21(30)17-6-9-20(25)15(3)10-17;1-13(2)26-10-18(20-21(23)24-12-25-22(20)26)14-3-6-17(7-4-14)31-19-8-5-16(27(29)30)9-15(19)11-28/h4-11,13-14H,12H2,1-3H3,(H2,26,27,28);3-13H,1-2H3,(H2,23,24,25). The maximum Gasteiger partial charge on any atom is 0.270 e. The van der Waals surface area contributed by atoms with Crippen molar-refractivity contribution >= 4 is 63.1 Å². The number of ether oxygens (including phenoxy) is 2. The number of halogens is 1. The van der Waals surface area contributed by atoms with Crippen LogP contribution in [0.3, 0.4) is 0 Å². The summed E-state index contributed by atoms with van der Waals surface area (Å²) in [6.45, 7) is 10.1. The fourth-order valence-corrected chi connectivity index (χ4v) is 7.00. The normalized spacial score (nSPS) is 11.2. The van der Waals surface area contributed by atoms with E-state index in [4.69, 9.17) is 32.5 Å². The van der Waals surface area contributed by atoms with Gasteiger partial charge in [0.05, 0.1) is 21.3 Å². The van der Waals surface area contributed by atoms with E-state index < -0.39 is 4.92 Å². The second-order valence-electron chi connectivity index (χ2n) is 14.9. The Kier molecular flexibility index (Phi) is 12.3. The number of anilines is 2. The molecule has 4 aromatic carbocycles. The number of aryl methyl sites for hydroxylation is 1. The molecule has 16 heteroatoms. The lowest BCUT2D eigenvalue weighted by molar-refractivity contribution is -0.384. The minimum Gasteiger partial charge on any atom is -0.485 e. The van der Waals surface area contributed by atoms with Crippen LogP contribution in [0.15, 0.2) is 110 Å². The highest BCUT2D eigenvalue weighted by Gasteiger charge is 2.19. The summed E-state index contributed by atoms with van der Waals surface area (Å²) in [5, 5.41) is 13.2. The highest BCUT2D eigenvalue weighted by Crippen LogP contribution is 2.37. The third-order valence-electron chi connectivity index (χ3n) is 10.1. The monoisotopic (exact) mass is 851 g/mol. The number of nitrogens with two attached hydrogens (primary N) is 2. The summed E-state index contributed by atoms with van der Waals surface area (Å²) in [6.07, 6.45) is 7.50. The molecule has 0 fully saturated rings. The lowest BCUT2D eigenvalue weighted by Gasteiger charge is -2.09. The van der Waals surface area contributed by atoms with Gasteiger partial charge in [-0.3, -0.25) is 19.7 Å². The number of carbonyl (C=O) groups excluding carboxylic acids is 2. The molecule has 8 rings (SSSR count). The van der Waals surface area contributed by atoms with E-state index in [0.29, 0.717) is 40.0 Å². The van der Waals surface area contributed by atoms with Crippen LogP contribution in [-0.4, -0.2) is 52.7 Å². The molecule has 62 heavy (non-hydrogen) atoms. The number of nitro groups is 1. The second-order valence-corrected chi connectivity index (χ2v) is 15.3. The van der Waals surface area contributed by atoms with Gasteiger partial charge in [-0.1, -0.05) is 35.9 Å². The molecule has 0 saturated carbocycles. The highest BCUT2D eigenvalue weighted by molar-refractivity contribution is 6.31. The smallest absolute Gasteiger partial charge is 0.270 e. The van der Waals surface area contributed by atoms with Crippen LogP contribution in [-0.2, 0) is 0 Å². The van der Waals surface area contributed by atoms with Crippen molar-refractivity contribution < 1.29 is 24.0 Å². The number of aldehydes is 1. The van der Waals surface area contributed by atoms with Crippen molar-refractivity contribution in [3.05, 3.63) is 142 Å². The first-order valence-electron chi connectivity index (χ1n) is 19.5. The fourth-order valence-electron chi connectivity index (χ4n) is 6.89. The average molecular weight is 852 g/mol. The van der Waals surface area contributed by atoms with Gasteiger partial charge in [0.1, 0.15) is 52.8 Å². The first kappa shape index (κ1) is 42.5. The molecular weight excluding hydrogens is 810 g/mol. The van der Waals surface area contributed by atoms with Crippen molar-refractivity contribution in [3.8, 4) is 39.5 Å². The summed E-state index contributed by atoms with van der Waals surface area (Å²) < 4.78 is 15.6. The van der Waals surface area contributed by atoms with Crippen LogP contribution in [0.25, 0.3) is 44.3 Å². The largest absolute Gasteiger partial charge is 0.485 e. The first-order chi connectivity index (χ1) is 29.7. The van der Waals surface area contributed by atoms with E-state index in [1.165, 1.54) is 30.9 Å². The van der Waals surface area contributed by atoms with Gasteiger partial charge in [-0.25, -0.2) is 19.9 Å². The molecule has 0 atom stereocenters. The van der Waals surface area contributed by atoms with E-state index in [-0.39, 0.29) is 41.5 Å². The third kappa shape index (κ3) is 8.79. The Bertz CT molecular complexity index is 2960. The Morgan fingerprint density at radius 3 is 1.79 bits per heavy atom. The van der Waals surface area contributed by atoms with Crippen LogP contribution in [0.1, 0.15) is 66.1 Å². The lowest BCUT2D eigenvalue weighted by atomic mass is 10.1. The quantitative estimate of drug-likeness (QED) is 0.0509. The molecule has 8 aromatic rings. The number of nitrogen functional groups attached to an aromatic ring is 2. The minimum absolute atomic E-state index is 0.0478. The maximum absolute atomic E-state index is 12.4. The molecule has 0 radical (unpaired) electrons. The van der Waals surface area contributed by atoms with Gasteiger partial charge in [-0.05, 0) is 99.8 Å². The minimum atomic E-state index is -0.561. The van der Waals surface area contributed by atoms with Crippen LogP contribution < -0.4 is 20.9 Å². The summed E-state index contributed by atoms with van der Waals surface area (Å²) >= 11 is 6.03. The number of Topliss-reactive ketones (excluding diaryl/α,β-unsaturated/α-hetero) is 1. The van der Waals surface area contributed by atoms with E-state index in [1.54, 1.807) is 30.3 Å². The number of hydrogen-bond donors (Lipinski definition) is 2. The Morgan fingerprint density at radius 1 is 0.774 bits per heavy atom. The zero-order valence-electron chi connectivity index (χ0n) is 34.4. The molecule has 0 unspecified atom stereocenters. The van der Waals surface area contributed by atoms with Gasteiger partial charge >= 0.3 is 0 Å². The molecule has 0 spiro atoms. The summed E-state index contributed by atoms with van der Waals surface area (Å²) in [4.78, 5) is 51.2. The van der Waals surface area contributed by atoms with Crippen LogP contribution in [0.2, 0.25) is 5.02 Å². The second kappa shape index (κ2) is 17.9. The molecule has 4 aromatic heterocycles. The Balaban J connectivity index is 0.000000186. The highest BCUT2D eigenvalue weighted by atomic mass is 35.5. The molecule has 15 nitrogen and oxygen atoms in total. The molecule has 0 bridgehead atoms. The van der Waals surface area contributed by atoms with Gasteiger partial charge < -0.3 is 30.1 Å². The number of ketones is 1. The molecular formula is C46H42ClN9O6. The van der Waals surface area contributed by atoms with Gasteiger partial charge in [0, 0.05) is 58.3 Å². The Morgan fingerprint density at radius 2 is 1.31 bits per heavy atom. The number of nitro benzene ring substituents is 1. The molecule has 0 amide bonds.